The monoisotopic (exact) mass is 234 g/mol. The van der Waals surface area contributed by atoms with E-state index in [9.17, 15) is 4.79 Å². The van der Waals surface area contributed by atoms with E-state index in [0.29, 0.717) is 11.7 Å². The highest BCUT2D eigenvalue weighted by Gasteiger charge is 2.24. The number of rotatable bonds is 3. The number of carbonyl (C=O) groups is 1. The van der Waals surface area contributed by atoms with Gasteiger partial charge in [-0.2, -0.15) is 0 Å². The van der Waals surface area contributed by atoms with Crippen LogP contribution in [0.3, 0.4) is 0 Å². The van der Waals surface area contributed by atoms with E-state index < -0.39 is 0 Å². The number of hydrogen-bond donors (Lipinski definition) is 3. The fourth-order valence-corrected chi connectivity index (χ4v) is 2.25. The second kappa shape index (κ2) is 5.03. The molecule has 5 N–H and O–H groups in total. The predicted octanol–water partition coefficient (Wildman–Crippen LogP) is 1.12. The van der Waals surface area contributed by atoms with Crippen LogP contribution in [-0.2, 0) is 4.79 Å². The highest BCUT2D eigenvalue weighted by atomic mass is 16.1. The SMILES string of the molecule is NC(=O)C1CCC(Nc2ncccc2N)CC1. The summed E-state index contributed by atoms with van der Waals surface area (Å²) in [7, 11) is 0. The third-order valence-corrected chi connectivity index (χ3v) is 3.31. The number of pyridine rings is 1. The van der Waals surface area contributed by atoms with Gasteiger partial charge in [0.05, 0.1) is 5.69 Å². The lowest BCUT2D eigenvalue weighted by atomic mass is 9.85. The Morgan fingerprint density at radius 2 is 2.06 bits per heavy atom. The maximum atomic E-state index is 11.0. The van der Waals surface area contributed by atoms with Gasteiger partial charge in [0.1, 0.15) is 5.82 Å². The fourth-order valence-electron chi connectivity index (χ4n) is 2.25. The van der Waals surface area contributed by atoms with Crippen molar-refractivity contribution in [3.05, 3.63) is 18.3 Å². The number of primary amides is 1. The van der Waals surface area contributed by atoms with Crippen molar-refractivity contribution < 1.29 is 4.79 Å². The number of nitrogens with zero attached hydrogens (tertiary/aromatic N) is 1. The van der Waals surface area contributed by atoms with Crippen molar-refractivity contribution >= 4 is 17.4 Å². The van der Waals surface area contributed by atoms with E-state index in [1.165, 1.54) is 0 Å². The summed E-state index contributed by atoms with van der Waals surface area (Å²) in [5.41, 5.74) is 11.8. The van der Waals surface area contributed by atoms with Crippen molar-refractivity contribution in [2.24, 2.45) is 11.7 Å². The molecule has 5 heteroatoms. The number of amides is 1. The first-order valence-corrected chi connectivity index (χ1v) is 5.93. The molecule has 1 fully saturated rings. The molecule has 1 aliphatic carbocycles. The van der Waals surface area contributed by atoms with E-state index in [4.69, 9.17) is 11.5 Å². The van der Waals surface area contributed by atoms with Gasteiger partial charge in [0, 0.05) is 18.2 Å². The average molecular weight is 234 g/mol. The minimum absolute atomic E-state index is 0.0362. The van der Waals surface area contributed by atoms with Crippen molar-refractivity contribution in [1.82, 2.24) is 4.98 Å². The molecule has 1 aliphatic rings. The quantitative estimate of drug-likeness (QED) is 0.730. The summed E-state index contributed by atoms with van der Waals surface area (Å²) in [5.74, 6) is 0.588. The largest absolute Gasteiger partial charge is 0.396 e. The normalized spacial score (nSPS) is 24.2. The Kier molecular flexibility index (Phi) is 3.46. The van der Waals surface area contributed by atoms with E-state index in [1.807, 2.05) is 12.1 Å². The van der Waals surface area contributed by atoms with Crippen LogP contribution >= 0.6 is 0 Å². The highest BCUT2D eigenvalue weighted by Crippen LogP contribution is 2.27. The number of hydrogen-bond acceptors (Lipinski definition) is 4. The van der Waals surface area contributed by atoms with Crippen LogP contribution in [-0.4, -0.2) is 16.9 Å². The second-order valence-electron chi connectivity index (χ2n) is 4.54. The smallest absolute Gasteiger partial charge is 0.220 e. The Morgan fingerprint density at radius 3 is 2.65 bits per heavy atom. The molecule has 0 unspecified atom stereocenters. The van der Waals surface area contributed by atoms with Gasteiger partial charge >= 0.3 is 0 Å². The molecule has 0 bridgehead atoms. The van der Waals surface area contributed by atoms with Crippen LogP contribution in [0.2, 0.25) is 0 Å². The molecule has 1 saturated carbocycles. The number of nitrogens with one attached hydrogen (secondary N) is 1. The molecular formula is C12H18N4O. The first-order valence-electron chi connectivity index (χ1n) is 5.93. The second-order valence-corrected chi connectivity index (χ2v) is 4.54. The van der Waals surface area contributed by atoms with E-state index in [0.717, 1.165) is 31.5 Å². The molecule has 92 valence electrons. The Bertz CT molecular complexity index is 399. The first kappa shape index (κ1) is 11.7. The molecular weight excluding hydrogens is 216 g/mol. The molecule has 1 aromatic heterocycles. The Balaban J connectivity index is 1.90. The van der Waals surface area contributed by atoms with Gasteiger partial charge in [0.2, 0.25) is 5.91 Å². The van der Waals surface area contributed by atoms with E-state index >= 15 is 0 Å². The zero-order chi connectivity index (χ0) is 12.3. The zero-order valence-electron chi connectivity index (χ0n) is 9.73. The molecule has 0 saturated heterocycles. The maximum absolute atomic E-state index is 11.0. The Labute approximate surface area is 101 Å². The van der Waals surface area contributed by atoms with Crippen molar-refractivity contribution in [2.45, 2.75) is 31.7 Å². The lowest BCUT2D eigenvalue weighted by Crippen LogP contribution is -2.32. The predicted molar refractivity (Wildman–Crippen MR) is 67.2 cm³/mol. The molecule has 17 heavy (non-hydrogen) atoms. The van der Waals surface area contributed by atoms with Crippen molar-refractivity contribution in [1.29, 1.82) is 0 Å². The number of anilines is 2. The summed E-state index contributed by atoms with van der Waals surface area (Å²) in [6.07, 6.45) is 5.28. The summed E-state index contributed by atoms with van der Waals surface area (Å²) < 4.78 is 0. The maximum Gasteiger partial charge on any atom is 0.220 e. The van der Waals surface area contributed by atoms with Crippen LogP contribution in [0.1, 0.15) is 25.7 Å². The van der Waals surface area contributed by atoms with Gasteiger partial charge in [0.25, 0.3) is 0 Å². The fraction of sp³-hybridized carbons (Fsp3) is 0.500. The Hall–Kier alpha value is -1.78. The highest BCUT2D eigenvalue weighted by molar-refractivity contribution is 5.76. The summed E-state index contributed by atoms with van der Waals surface area (Å²) >= 11 is 0. The molecule has 0 spiro atoms. The number of nitrogens with two attached hydrogens (primary N) is 2. The molecule has 1 aromatic rings. The topological polar surface area (TPSA) is 94.0 Å². The molecule has 1 amide bonds. The van der Waals surface area contributed by atoms with Gasteiger partial charge in [-0.1, -0.05) is 0 Å². The third-order valence-electron chi connectivity index (χ3n) is 3.31. The molecule has 0 aromatic carbocycles. The lowest BCUT2D eigenvalue weighted by Gasteiger charge is -2.28. The van der Waals surface area contributed by atoms with Crippen molar-refractivity contribution in [2.75, 3.05) is 11.1 Å². The van der Waals surface area contributed by atoms with E-state index in [1.54, 1.807) is 6.20 Å². The zero-order valence-corrected chi connectivity index (χ0v) is 9.73. The van der Waals surface area contributed by atoms with Gasteiger partial charge in [-0.15, -0.1) is 0 Å². The summed E-state index contributed by atoms with van der Waals surface area (Å²) in [6, 6.07) is 3.97. The summed E-state index contributed by atoms with van der Waals surface area (Å²) in [6.45, 7) is 0. The molecule has 0 atom stereocenters. The van der Waals surface area contributed by atoms with E-state index in [-0.39, 0.29) is 11.8 Å². The third kappa shape index (κ3) is 2.87. The van der Waals surface area contributed by atoms with Crippen LogP contribution in [0.25, 0.3) is 0 Å². The van der Waals surface area contributed by atoms with E-state index in [2.05, 4.69) is 10.3 Å². The average Bonchev–Trinajstić information content (AvgIpc) is 2.33. The molecule has 1 heterocycles. The number of carbonyl (C=O) groups excluding carboxylic acids is 1. The van der Waals surface area contributed by atoms with Gasteiger partial charge in [-0.3, -0.25) is 4.79 Å². The van der Waals surface area contributed by atoms with Crippen molar-refractivity contribution in [3.63, 3.8) is 0 Å². The molecule has 0 radical (unpaired) electrons. The van der Waals surface area contributed by atoms with Crippen molar-refractivity contribution in [3.8, 4) is 0 Å². The first-order chi connectivity index (χ1) is 8.16. The summed E-state index contributed by atoms with van der Waals surface area (Å²) in [4.78, 5) is 15.2. The van der Waals surface area contributed by atoms with Crippen LogP contribution in [0.4, 0.5) is 11.5 Å². The van der Waals surface area contributed by atoms with Gasteiger partial charge in [-0.05, 0) is 37.8 Å². The van der Waals surface area contributed by atoms with Crippen LogP contribution in [0.5, 0.6) is 0 Å². The van der Waals surface area contributed by atoms with Gasteiger partial charge < -0.3 is 16.8 Å². The lowest BCUT2D eigenvalue weighted by molar-refractivity contribution is -0.122. The summed E-state index contributed by atoms with van der Waals surface area (Å²) in [5, 5.41) is 3.32. The molecule has 5 nitrogen and oxygen atoms in total. The van der Waals surface area contributed by atoms with Gasteiger partial charge in [0.15, 0.2) is 0 Å². The molecule has 2 rings (SSSR count). The standard InChI is InChI=1S/C12H18N4O/c13-10-2-1-7-15-12(10)16-9-5-3-8(4-6-9)11(14)17/h1-2,7-9H,3-6,13H2,(H2,14,17)(H,15,16). The van der Waals surface area contributed by atoms with Gasteiger partial charge in [-0.25, -0.2) is 4.98 Å². The minimum atomic E-state index is -0.180. The number of aromatic nitrogens is 1. The Morgan fingerprint density at radius 1 is 1.35 bits per heavy atom. The van der Waals surface area contributed by atoms with Crippen LogP contribution in [0, 0.1) is 5.92 Å². The van der Waals surface area contributed by atoms with Crippen LogP contribution < -0.4 is 16.8 Å². The van der Waals surface area contributed by atoms with Crippen LogP contribution in [0.15, 0.2) is 18.3 Å². The molecule has 0 aliphatic heterocycles. The minimum Gasteiger partial charge on any atom is -0.396 e. The number of nitrogen functional groups attached to an aromatic ring is 1.